The molecule has 12 heteroatoms. The third kappa shape index (κ3) is 12.8. The molecule has 0 saturated heterocycles. The van der Waals surface area contributed by atoms with Gasteiger partial charge in [0.25, 0.3) is 0 Å². The molecule has 0 nitrogen and oxygen atoms in total. The van der Waals surface area contributed by atoms with Crippen molar-refractivity contribution in [3.05, 3.63) is 0 Å². The summed E-state index contributed by atoms with van der Waals surface area (Å²) in [5.74, 6) is 0. The molecule has 0 unspecified atom stereocenters. The molecule has 0 rings (SSSR count). The first-order valence-electron chi connectivity index (χ1n) is 4.32. The van der Waals surface area contributed by atoms with E-state index in [1.165, 1.54) is 0 Å². The van der Waals surface area contributed by atoms with E-state index >= 15 is 0 Å². The van der Waals surface area contributed by atoms with E-state index in [0.29, 0.717) is 0 Å². The van der Waals surface area contributed by atoms with Crippen molar-refractivity contribution < 1.29 is 0 Å². The van der Waals surface area contributed by atoms with Gasteiger partial charge in [0.05, 0.1) is 0 Å². The molecule has 0 amide bonds. The first-order chi connectivity index (χ1) is 6.41. The Morgan fingerprint density at radius 2 is 1.00 bits per heavy atom. The molecule has 0 spiro atoms. The molecule has 0 bridgehead atoms. The van der Waals surface area contributed by atoms with Crippen molar-refractivity contribution in [2.45, 2.75) is 6.82 Å². The Balaban J connectivity index is 3.68. The average molecular weight is 146 g/mol. The Bertz CT molecular complexity index is 252. The van der Waals surface area contributed by atoms with E-state index < -0.39 is 0 Å². The summed E-state index contributed by atoms with van der Waals surface area (Å²) in [6.07, 6.45) is 0. The Labute approximate surface area is 88.1 Å². The number of rotatable bonds is 5. The van der Waals surface area contributed by atoms with E-state index in [1.54, 1.807) is 6.69 Å². The van der Waals surface area contributed by atoms with E-state index in [0.717, 1.165) is 0 Å². The predicted octanol–water partition coefficient (Wildman–Crippen LogP) is -4.25. The van der Waals surface area contributed by atoms with E-state index in [2.05, 4.69) is 7.37 Å². The van der Waals surface area contributed by atoms with Gasteiger partial charge in [-0.25, -0.2) is 0 Å². The van der Waals surface area contributed by atoms with E-state index in [9.17, 15) is 0 Å². The third-order valence-electron chi connectivity index (χ3n) is 1.22. The van der Waals surface area contributed by atoms with Crippen LogP contribution in [0.5, 0.6) is 0 Å². The predicted molar refractivity (Wildman–Crippen MR) is 76.3 cm³/mol. The van der Waals surface area contributed by atoms with Gasteiger partial charge in [0, 0.05) is 0 Å². The van der Waals surface area contributed by atoms with Crippen molar-refractivity contribution >= 4 is 81.1 Å². The van der Waals surface area contributed by atoms with Crippen LogP contribution in [0.4, 0.5) is 0 Å². The quantitative estimate of drug-likeness (QED) is 0.344. The molecule has 0 heterocycles. The molecule has 0 radical (unpaired) electrons. The van der Waals surface area contributed by atoms with Gasteiger partial charge in [-0.15, -0.1) is 0 Å². The van der Waals surface area contributed by atoms with Gasteiger partial charge in [-0.05, 0) is 0 Å². The SMILES string of the molecule is B=BB=BB=BB=BB=BB=BC. The molecule has 0 atom stereocenters. The third-order valence-corrected chi connectivity index (χ3v) is 1.22. The number of hydrogen-bond acceptors (Lipinski definition) is 0. The van der Waals surface area contributed by atoms with Crippen LogP contribution in [0.25, 0.3) is 0 Å². The van der Waals surface area contributed by atoms with Crippen LogP contribution in [0, 0.1) is 0 Å². The summed E-state index contributed by atoms with van der Waals surface area (Å²) in [5.41, 5.74) is 0. The van der Waals surface area contributed by atoms with Crippen LogP contribution >= 0.6 is 0 Å². The maximum absolute atomic E-state index is 3.57. The van der Waals surface area contributed by atoms with Gasteiger partial charge < -0.3 is 0 Å². The van der Waals surface area contributed by atoms with Gasteiger partial charge in [-0.3, -0.25) is 0 Å². The fourth-order valence-corrected chi connectivity index (χ4v) is 0.639. The monoisotopic (exact) mass is 148 g/mol. The molecule has 0 aliphatic carbocycles. The van der Waals surface area contributed by atoms with Gasteiger partial charge in [0.2, 0.25) is 0 Å². The van der Waals surface area contributed by atoms with Crippen LogP contribution in [0.3, 0.4) is 0 Å². The van der Waals surface area contributed by atoms with Crippen LogP contribution < -0.4 is 0 Å². The van der Waals surface area contributed by atoms with Gasteiger partial charge in [-0.2, -0.15) is 0 Å². The molecule has 13 heavy (non-hydrogen) atoms. The zero-order valence-corrected chi connectivity index (χ0v) is 8.06. The summed E-state index contributed by atoms with van der Waals surface area (Å²) in [6, 6.07) is 0. The second kappa shape index (κ2) is 12.8. The fourth-order valence-electron chi connectivity index (χ4n) is 0.639. The van der Waals surface area contributed by atoms with Crippen molar-refractivity contribution in [3.8, 4) is 0 Å². The van der Waals surface area contributed by atoms with Crippen LogP contribution in [-0.2, 0) is 0 Å². The van der Waals surface area contributed by atoms with Gasteiger partial charge in [0.1, 0.15) is 0 Å². The van der Waals surface area contributed by atoms with Crippen LogP contribution in [0.2, 0.25) is 6.82 Å². The first kappa shape index (κ1) is 13.8. The summed E-state index contributed by atoms with van der Waals surface area (Å²) in [4.78, 5) is 0. The molecule has 0 fully saturated rings. The van der Waals surface area contributed by atoms with Gasteiger partial charge in [-0.1, -0.05) is 0 Å². The number of hydrogen-bond donors (Lipinski definition) is 0. The maximum atomic E-state index is 3.57. The van der Waals surface area contributed by atoms with Crippen LogP contribution in [0.15, 0.2) is 0 Å². The molecular formula is CH4B12. The molecule has 0 aromatic rings. The van der Waals surface area contributed by atoms with Crippen molar-refractivity contribution in [1.82, 2.24) is 0 Å². The Hall–Kier alpha value is 0.779. The Morgan fingerprint density at radius 1 is 0.615 bits per heavy atom. The summed E-state index contributed by atoms with van der Waals surface area (Å²) in [5, 5.41) is 0. The molecule has 0 aromatic heterocycles. The summed E-state index contributed by atoms with van der Waals surface area (Å²) in [7, 11) is 3.57. The molecular weight excluding hydrogens is 142 g/mol. The van der Waals surface area contributed by atoms with E-state index in [1.807, 2.05) is 73.9 Å². The molecule has 0 aliphatic heterocycles. The van der Waals surface area contributed by atoms with Crippen molar-refractivity contribution in [3.63, 3.8) is 0 Å². The standard InChI is InChI=1S/CH4B12/c1-3-5-7-9-11-13-12-10-8-6-4-2/h2H,1H3. The average Bonchev–Trinajstić information content (AvgIpc) is 2.16. The van der Waals surface area contributed by atoms with Crippen LogP contribution in [-0.4, -0.2) is 81.1 Å². The molecule has 0 aliphatic rings. The zero-order chi connectivity index (χ0) is 9.78. The topological polar surface area (TPSA) is 0 Å². The Kier molecular flexibility index (Phi) is 13.5. The first-order valence-corrected chi connectivity index (χ1v) is 4.32. The molecule has 0 saturated carbocycles. The second-order valence-corrected chi connectivity index (χ2v) is 2.30. The minimum absolute atomic E-state index is 1.75. The van der Waals surface area contributed by atoms with Crippen molar-refractivity contribution in [1.29, 1.82) is 0 Å². The molecule has 0 aromatic carbocycles. The minimum atomic E-state index is 1.75. The summed E-state index contributed by atoms with van der Waals surface area (Å²) in [6.45, 7) is 23.4. The van der Waals surface area contributed by atoms with Gasteiger partial charge >= 0.3 is 87.9 Å². The molecule has 0 N–H and O–H groups in total. The summed E-state index contributed by atoms with van der Waals surface area (Å²) < 4.78 is 0. The zero-order valence-electron chi connectivity index (χ0n) is 8.06. The van der Waals surface area contributed by atoms with E-state index in [4.69, 9.17) is 0 Å². The van der Waals surface area contributed by atoms with Crippen molar-refractivity contribution in [2.75, 3.05) is 0 Å². The van der Waals surface area contributed by atoms with Crippen LogP contribution in [0.1, 0.15) is 0 Å². The fraction of sp³-hybridized carbons (Fsp3) is 1.00. The summed E-state index contributed by atoms with van der Waals surface area (Å²) >= 11 is 0. The van der Waals surface area contributed by atoms with Gasteiger partial charge in [0.15, 0.2) is 0 Å². The van der Waals surface area contributed by atoms with E-state index in [-0.39, 0.29) is 0 Å². The Morgan fingerprint density at radius 3 is 1.38 bits per heavy atom. The normalized spacial score (nSPS) is 6.77. The van der Waals surface area contributed by atoms with Crippen molar-refractivity contribution in [2.24, 2.45) is 0 Å². The molecule has 44 valence electrons. The second-order valence-electron chi connectivity index (χ2n) is 2.30.